The largest absolute Gasteiger partial charge is 0.372 e. The van der Waals surface area contributed by atoms with E-state index in [0.29, 0.717) is 31.0 Å². The molecule has 0 aliphatic heterocycles. The van der Waals surface area contributed by atoms with Gasteiger partial charge in [-0.3, -0.25) is 4.79 Å². The fourth-order valence-corrected chi connectivity index (χ4v) is 3.18. The molecule has 32 heavy (non-hydrogen) atoms. The molecule has 0 fully saturated rings. The molecule has 6 nitrogen and oxygen atoms in total. The molecule has 166 valence electrons. The lowest BCUT2D eigenvalue weighted by Gasteiger charge is -2.14. The van der Waals surface area contributed by atoms with Crippen LogP contribution in [0.25, 0.3) is 0 Å². The van der Waals surface area contributed by atoms with Crippen LogP contribution in [0.3, 0.4) is 0 Å². The third-order valence-corrected chi connectivity index (χ3v) is 4.66. The molecule has 3 rings (SSSR count). The van der Waals surface area contributed by atoms with E-state index in [2.05, 4.69) is 16.0 Å². The van der Waals surface area contributed by atoms with Crippen molar-refractivity contribution in [2.45, 2.75) is 39.6 Å². The molecule has 3 aromatic rings. The van der Waals surface area contributed by atoms with Gasteiger partial charge in [-0.1, -0.05) is 66.7 Å². The molecule has 3 N–H and O–H groups in total. The fourth-order valence-electron chi connectivity index (χ4n) is 3.18. The molecule has 0 heterocycles. The second kappa shape index (κ2) is 11.7. The molecule has 0 aliphatic rings. The number of nitrogens with one attached hydrogen (secondary N) is 3. The number of rotatable bonds is 9. The second-order valence-electron chi connectivity index (χ2n) is 7.78. The van der Waals surface area contributed by atoms with E-state index in [-0.39, 0.29) is 18.0 Å². The van der Waals surface area contributed by atoms with Crippen LogP contribution in [-0.4, -0.2) is 18.0 Å². The van der Waals surface area contributed by atoms with E-state index < -0.39 is 0 Å². The number of urea groups is 1. The standard InChI is InChI=1S/C26H29N3O3/c1-19(2)28-26(31)29-24-14-7-6-13-23(24)25(30)27-16-21-11-8-12-22(15-21)18-32-17-20-9-4-3-5-10-20/h3-15,19H,16-18H2,1-2H3,(H,27,30)(H2,28,29,31). The Labute approximate surface area is 189 Å². The first-order valence-electron chi connectivity index (χ1n) is 10.7. The van der Waals surface area contributed by atoms with Crippen LogP contribution in [0.2, 0.25) is 0 Å². The maximum Gasteiger partial charge on any atom is 0.319 e. The van der Waals surface area contributed by atoms with Crippen LogP contribution in [0.4, 0.5) is 10.5 Å². The predicted octanol–water partition coefficient (Wildman–Crippen LogP) is 4.86. The summed E-state index contributed by atoms with van der Waals surface area (Å²) in [6.45, 7) is 5.17. The van der Waals surface area contributed by atoms with Crippen LogP contribution in [0.5, 0.6) is 0 Å². The first-order valence-corrected chi connectivity index (χ1v) is 10.7. The van der Waals surface area contributed by atoms with Crippen molar-refractivity contribution >= 4 is 17.6 Å². The number of anilines is 1. The van der Waals surface area contributed by atoms with E-state index in [0.717, 1.165) is 16.7 Å². The summed E-state index contributed by atoms with van der Waals surface area (Å²) in [7, 11) is 0. The number of hydrogen-bond acceptors (Lipinski definition) is 3. The Morgan fingerprint density at radius 1 is 0.812 bits per heavy atom. The van der Waals surface area contributed by atoms with Crippen LogP contribution in [-0.2, 0) is 24.5 Å². The Morgan fingerprint density at radius 3 is 2.25 bits per heavy atom. The van der Waals surface area contributed by atoms with Crippen LogP contribution >= 0.6 is 0 Å². The number of para-hydroxylation sites is 1. The summed E-state index contributed by atoms with van der Waals surface area (Å²) in [6, 6.07) is 24.6. The van der Waals surface area contributed by atoms with E-state index in [9.17, 15) is 9.59 Å². The van der Waals surface area contributed by atoms with Crippen molar-refractivity contribution in [2.75, 3.05) is 5.32 Å². The van der Waals surface area contributed by atoms with Gasteiger partial charge >= 0.3 is 6.03 Å². The third-order valence-electron chi connectivity index (χ3n) is 4.66. The van der Waals surface area contributed by atoms with Gasteiger partial charge < -0.3 is 20.7 Å². The first-order chi connectivity index (χ1) is 15.5. The smallest absolute Gasteiger partial charge is 0.319 e. The van der Waals surface area contributed by atoms with E-state index in [1.165, 1.54) is 0 Å². The van der Waals surface area contributed by atoms with Gasteiger partial charge in [-0.15, -0.1) is 0 Å². The Hall–Kier alpha value is -3.64. The van der Waals surface area contributed by atoms with Gasteiger partial charge in [-0.2, -0.15) is 0 Å². The van der Waals surface area contributed by atoms with E-state index in [1.807, 2.05) is 68.4 Å². The molecule has 0 unspecified atom stereocenters. The molecule has 0 aliphatic carbocycles. The quantitative estimate of drug-likeness (QED) is 0.453. The van der Waals surface area contributed by atoms with E-state index in [4.69, 9.17) is 4.74 Å². The van der Waals surface area contributed by atoms with Gasteiger partial charge in [0.25, 0.3) is 5.91 Å². The summed E-state index contributed by atoms with van der Waals surface area (Å²) in [5.74, 6) is -0.254. The SMILES string of the molecule is CC(C)NC(=O)Nc1ccccc1C(=O)NCc1cccc(COCc2ccccc2)c1. The molecule has 6 heteroatoms. The fraction of sp³-hybridized carbons (Fsp3) is 0.231. The maximum absolute atomic E-state index is 12.7. The summed E-state index contributed by atoms with van der Waals surface area (Å²) < 4.78 is 5.80. The lowest BCUT2D eigenvalue weighted by Crippen LogP contribution is -2.35. The van der Waals surface area contributed by atoms with Crippen molar-refractivity contribution in [1.29, 1.82) is 0 Å². The summed E-state index contributed by atoms with van der Waals surface area (Å²) in [5.41, 5.74) is 4.02. The predicted molar refractivity (Wildman–Crippen MR) is 126 cm³/mol. The lowest BCUT2D eigenvalue weighted by molar-refractivity contribution is 0.0951. The monoisotopic (exact) mass is 431 g/mol. The van der Waals surface area contributed by atoms with Gasteiger partial charge in [0.15, 0.2) is 0 Å². The summed E-state index contributed by atoms with van der Waals surface area (Å²) >= 11 is 0. The molecule has 0 aromatic heterocycles. The van der Waals surface area contributed by atoms with Crippen molar-refractivity contribution in [2.24, 2.45) is 0 Å². The summed E-state index contributed by atoms with van der Waals surface area (Å²) in [5, 5.41) is 8.42. The molecule has 0 radical (unpaired) electrons. The number of carbonyl (C=O) groups is 2. The molecule has 0 saturated heterocycles. The third kappa shape index (κ3) is 7.25. The minimum absolute atomic E-state index is 0.0000577. The Balaban J connectivity index is 1.55. The highest BCUT2D eigenvalue weighted by molar-refractivity contribution is 6.03. The van der Waals surface area contributed by atoms with E-state index in [1.54, 1.807) is 24.3 Å². The van der Waals surface area contributed by atoms with Crippen molar-refractivity contribution in [1.82, 2.24) is 10.6 Å². The van der Waals surface area contributed by atoms with Crippen LogP contribution in [0.1, 0.15) is 40.9 Å². The van der Waals surface area contributed by atoms with Crippen molar-refractivity contribution in [3.63, 3.8) is 0 Å². The number of carbonyl (C=O) groups excluding carboxylic acids is 2. The number of ether oxygens (including phenoxy) is 1. The first kappa shape index (κ1) is 23.0. The zero-order chi connectivity index (χ0) is 22.8. The topological polar surface area (TPSA) is 79.5 Å². The van der Waals surface area contributed by atoms with Crippen molar-refractivity contribution in [3.05, 3.63) is 101 Å². The summed E-state index contributed by atoms with van der Waals surface area (Å²) in [6.07, 6.45) is 0. The van der Waals surface area contributed by atoms with Crippen LogP contribution in [0.15, 0.2) is 78.9 Å². The molecule has 0 spiro atoms. The lowest BCUT2D eigenvalue weighted by atomic mass is 10.1. The van der Waals surface area contributed by atoms with Gasteiger partial charge in [0, 0.05) is 12.6 Å². The molecule has 3 amide bonds. The molecule has 3 aromatic carbocycles. The minimum Gasteiger partial charge on any atom is -0.372 e. The molecular formula is C26H29N3O3. The zero-order valence-electron chi connectivity index (χ0n) is 18.4. The zero-order valence-corrected chi connectivity index (χ0v) is 18.4. The van der Waals surface area contributed by atoms with Crippen molar-refractivity contribution in [3.8, 4) is 0 Å². The van der Waals surface area contributed by atoms with Crippen LogP contribution < -0.4 is 16.0 Å². The highest BCUT2D eigenvalue weighted by atomic mass is 16.5. The Bertz CT molecular complexity index is 1040. The minimum atomic E-state index is -0.344. The molecule has 0 saturated carbocycles. The van der Waals surface area contributed by atoms with Gasteiger partial charge in [0.2, 0.25) is 0 Å². The number of benzene rings is 3. The Kier molecular flexibility index (Phi) is 8.40. The summed E-state index contributed by atoms with van der Waals surface area (Å²) in [4.78, 5) is 24.8. The number of hydrogen-bond donors (Lipinski definition) is 3. The second-order valence-corrected chi connectivity index (χ2v) is 7.78. The normalized spacial score (nSPS) is 10.6. The van der Waals surface area contributed by atoms with Crippen LogP contribution in [0, 0.1) is 0 Å². The van der Waals surface area contributed by atoms with Crippen molar-refractivity contribution < 1.29 is 14.3 Å². The Morgan fingerprint density at radius 2 is 1.47 bits per heavy atom. The maximum atomic E-state index is 12.7. The highest BCUT2D eigenvalue weighted by Gasteiger charge is 2.13. The van der Waals surface area contributed by atoms with Gasteiger partial charge in [-0.05, 0) is 42.7 Å². The molecule has 0 atom stereocenters. The van der Waals surface area contributed by atoms with Gasteiger partial charge in [0.1, 0.15) is 0 Å². The number of amides is 3. The highest BCUT2D eigenvalue weighted by Crippen LogP contribution is 2.15. The van der Waals surface area contributed by atoms with Gasteiger partial charge in [-0.25, -0.2) is 4.79 Å². The average Bonchev–Trinajstić information content (AvgIpc) is 2.78. The molecule has 0 bridgehead atoms. The molecular weight excluding hydrogens is 402 g/mol. The van der Waals surface area contributed by atoms with Gasteiger partial charge in [0.05, 0.1) is 24.5 Å². The average molecular weight is 432 g/mol. The van der Waals surface area contributed by atoms with E-state index >= 15 is 0 Å².